The van der Waals surface area contributed by atoms with E-state index in [4.69, 9.17) is 21.8 Å². The molecule has 0 aliphatic carbocycles. The minimum Gasteiger partial charge on any atom is -0.425 e. The highest BCUT2D eigenvalue weighted by Crippen LogP contribution is 2.21. The van der Waals surface area contributed by atoms with Crippen LogP contribution in [0, 0.1) is 0 Å². The van der Waals surface area contributed by atoms with Gasteiger partial charge in [-0.15, -0.1) is 10.2 Å². The van der Waals surface area contributed by atoms with Crippen molar-refractivity contribution >= 4 is 11.6 Å². The Kier molecular flexibility index (Phi) is 4.33. The van der Waals surface area contributed by atoms with Crippen molar-refractivity contribution in [2.24, 2.45) is 5.73 Å². The van der Waals surface area contributed by atoms with Gasteiger partial charge in [0.05, 0.1) is 5.92 Å². The van der Waals surface area contributed by atoms with Crippen molar-refractivity contribution in [1.29, 1.82) is 0 Å². The molecule has 0 amide bonds. The minimum atomic E-state index is 0.0382. The van der Waals surface area contributed by atoms with E-state index in [1.54, 1.807) is 0 Å². The van der Waals surface area contributed by atoms with Crippen LogP contribution in [0.1, 0.15) is 30.2 Å². The summed E-state index contributed by atoms with van der Waals surface area (Å²) in [6, 6.07) is 7.73. The molecule has 0 spiro atoms. The van der Waals surface area contributed by atoms with Gasteiger partial charge in [0, 0.05) is 18.0 Å². The van der Waals surface area contributed by atoms with Gasteiger partial charge in [0.1, 0.15) is 0 Å². The molecular weight excluding hydrogens is 250 g/mol. The van der Waals surface area contributed by atoms with Gasteiger partial charge in [-0.05, 0) is 24.1 Å². The first-order valence-corrected chi connectivity index (χ1v) is 6.37. The fourth-order valence-electron chi connectivity index (χ4n) is 1.79. The monoisotopic (exact) mass is 265 g/mol. The van der Waals surface area contributed by atoms with Gasteiger partial charge < -0.3 is 10.2 Å². The zero-order chi connectivity index (χ0) is 13.0. The normalized spacial score (nSPS) is 12.6. The van der Waals surface area contributed by atoms with E-state index in [0.717, 1.165) is 23.4 Å². The first-order chi connectivity index (χ1) is 8.72. The van der Waals surface area contributed by atoms with Crippen molar-refractivity contribution in [2.75, 3.05) is 6.54 Å². The van der Waals surface area contributed by atoms with Crippen LogP contribution in [0.2, 0.25) is 5.02 Å². The van der Waals surface area contributed by atoms with Crippen LogP contribution in [-0.2, 0) is 12.8 Å². The Hall–Kier alpha value is -1.39. The van der Waals surface area contributed by atoms with Crippen molar-refractivity contribution in [3.05, 3.63) is 46.6 Å². The number of aromatic nitrogens is 2. The van der Waals surface area contributed by atoms with E-state index < -0.39 is 0 Å². The third-order valence-corrected chi connectivity index (χ3v) is 3.02. The number of nitrogens with zero attached hydrogens (tertiary/aromatic N) is 2. The van der Waals surface area contributed by atoms with Crippen molar-refractivity contribution in [3.63, 3.8) is 0 Å². The first-order valence-electron chi connectivity index (χ1n) is 5.99. The first kappa shape index (κ1) is 13.1. The average Bonchev–Trinajstić information content (AvgIpc) is 2.84. The van der Waals surface area contributed by atoms with Gasteiger partial charge in [0.2, 0.25) is 11.8 Å². The lowest BCUT2D eigenvalue weighted by molar-refractivity contribution is 0.417. The number of halogens is 1. The molecule has 1 aromatic heterocycles. The second kappa shape index (κ2) is 5.98. The number of aryl methyl sites for hydroxylation is 1. The summed E-state index contributed by atoms with van der Waals surface area (Å²) in [6.45, 7) is 2.45. The third-order valence-electron chi connectivity index (χ3n) is 2.79. The molecule has 96 valence electrons. The van der Waals surface area contributed by atoms with E-state index in [-0.39, 0.29) is 5.92 Å². The lowest BCUT2D eigenvalue weighted by atomic mass is 9.99. The number of hydrogen-bond donors (Lipinski definition) is 1. The van der Waals surface area contributed by atoms with Crippen molar-refractivity contribution in [3.8, 4) is 0 Å². The van der Waals surface area contributed by atoms with Gasteiger partial charge in [-0.25, -0.2) is 0 Å². The Morgan fingerprint density at radius 3 is 2.83 bits per heavy atom. The smallest absolute Gasteiger partial charge is 0.221 e. The quantitative estimate of drug-likeness (QED) is 0.902. The molecule has 2 N–H and O–H groups in total. The molecule has 1 heterocycles. The summed E-state index contributed by atoms with van der Waals surface area (Å²) in [6.07, 6.45) is 1.49. The van der Waals surface area contributed by atoms with E-state index in [2.05, 4.69) is 10.2 Å². The SMILES string of the molecule is CCc1nnc(C(CN)Cc2cccc(Cl)c2)o1. The standard InChI is InChI=1S/C13H16ClN3O/c1-2-12-16-17-13(18-12)10(8-15)6-9-4-3-5-11(14)7-9/h3-5,7,10H,2,6,8,15H2,1H3. The number of benzene rings is 1. The third kappa shape index (κ3) is 3.09. The highest BCUT2D eigenvalue weighted by Gasteiger charge is 2.17. The lowest BCUT2D eigenvalue weighted by Crippen LogP contribution is -2.15. The number of rotatable bonds is 5. The molecule has 18 heavy (non-hydrogen) atoms. The van der Waals surface area contributed by atoms with Gasteiger partial charge in [0.25, 0.3) is 0 Å². The Labute approximate surface area is 111 Å². The van der Waals surface area contributed by atoms with E-state index in [0.29, 0.717) is 18.3 Å². The topological polar surface area (TPSA) is 64.9 Å². The molecule has 0 saturated carbocycles. The summed E-state index contributed by atoms with van der Waals surface area (Å²) in [7, 11) is 0. The van der Waals surface area contributed by atoms with E-state index in [1.165, 1.54) is 0 Å². The zero-order valence-corrected chi connectivity index (χ0v) is 11.0. The average molecular weight is 266 g/mol. The van der Waals surface area contributed by atoms with Crippen molar-refractivity contribution < 1.29 is 4.42 Å². The molecule has 1 unspecified atom stereocenters. The summed E-state index contributed by atoms with van der Waals surface area (Å²) in [4.78, 5) is 0. The molecule has 2 aromatic rings. The van der Waals surface area contributed by atoms with Crippen LogP contribution in [0.25, 0.3) is 0 Å². The summed E-state index contributed by atoms with van der Waals surface area (Å²) < 4.78 is 5.55. The van der Waals surface area contributed by atoms with Crippen molar-refractivity contribution in [2.45, 2.75) is 25.7 Å². The van der Waals surface area contributed by atoms with Crippen LogP contribution in [0.4, 0.5) is 0 Å². The number of hydrogen-bond acceptors (Lipinski definition) is 4. The van der Waals surface area contributed by atoms with E-state index in [1.807, 2.05) is 31.2 Å². The summed E-state index contributed by atoms with van der Waals surface area (Å²) in [5, 5.41) is 8.74. The minimum absolute atomic E-state index is 0.0382. The Morgan fingerprint density at radius 1 is 1.39 bits per heavy atom. The van der Waals surface area contributed by atoms with E-state index >= 15 is 0 Å². The predicted octanol–water partition coefficient (Wildman–Crippen LogP) is 2.57. The van der Waals surface area contributed by atoms with Crippen LogP contribution in [-0.4, -0.2) is 16.7 Å². The molecule has 1 atom stereocenters. The van der Waals surface area contributed by atoms with Gasteiger partial charge in [-0.1, -0.05) is 30.7 Å². The molecule has 0 aliphatic heterocycles. The van der Waals surface area contributed by atoms with Crippen LogP contribution in [0.3, 0.4) is 0 Å². The van der Waals surface area contributed by atoms with Crippen LogP contribution >= 0.6 is 11.6 Å². The molecule has 0 bridgehead atoms. The van der Waals surface area contributed by atoms with Crippen LogP contribution < -0.4 is 5.73 Å². The molecule has 0 aliphatic rings. The maximum absolute atomic E-state index is 5.96. The largest absolute Gasteiger partial charge is 0.425 e. The summed E-state index contributed by atoms with van der Waals surface area (Å²) in [5.74, 6) is 1.29. The maximum Gasteiger partial charge on any atom is 0.221 e. The summed E-state index contributed by atoms with van der Waals surface area (Å²) >= 11 is 5.96. The fraction of sp³-hybridized carbons (Fsp3) is 0.385. The van der Waals surface area contributed by atoms with Gasteiger partial charge in [-0.2, -0.15) is 0 Å². The number of nitrogens with two attached hydrogens (primary N) is 1. The summed E-state index contributed by atoms with van der Waals surface area (Å²) in [5.41, 5.74) is 6.90. The van der Waals surface area contributed by atoms with E-state index in [9.17, 15) is 0 Å². The van der Waals surface area contributed by atoms with Gasteiger partial charge in [0.15, 0.2) is 0 Å². The Bertz CT molecular complexity index is 512. The Morgan fingerprint density at radius 2 is 2.22 bits per heavy atom. The molecule has 1 aromatic carbocycles. The molecule has 4 nitrogen and oxygen atoms in total. The Balaban J connectivity index is 2.14. The second-order valence-electron chi connectivity index (χ2n) is 4.15. The molecule has 2 rings (SSSR count). The second-order valence-corrected chi connectivity index (χ2v) is 4.59. The zero-order valence-electron chi connectivity index (χ0n) is 10.3. The van der Waals surface area contributed by atoms with Crippen LogP contribution in [0.15, 0.2) is 28.7 Å². The molecule has 0 saturated heterocycles. The molecule has 5 heteroatoms. The molecule has 0 fully saturated rings. The predicted molar refractivity (Wildman–Crippen MR) is 70.6 cm³/mol. The van der Waals surface area contributed by atoms with Crippen LogP contribution in [0.5, 0.6) is 0 Å². The highest BCUT2D eigenvalue weighted by molar-refractivity contribution is 6.30. The maximum atomic E-state index is 5.96. The fourth-order valence-corrected chi connectivity index (χ4v) is 2.01. The van der Waals surface area contributed by atoms with Crippen molar-refractivity contribution in [1.82, 2.24) is 10.2 Å². The molecule has 0 radical (unpaired) electrons. The lowest BCUT2D eigenvalue weighted by Gasteiger charge is -2.10. The molecular formula is C13H16ClN3O. The highest BCUT2D eigenvalue weighted by atomic mass is 35.5. The van der Waals surface area contributed by atoms with Gasteiger partial charge in [-0.3, -0.25) is 0 Å². The van der Waals surface area contributed by atoms with Gasteiger partial charge >= 0.3 is 0 Å².